The molecule has 4 aliphatic heterocycles. The summed E-state index contributed by atoms with van der Waals surface area (Å²) in [5.41, 5.74) is 2.78. The molecule has 0 saturated carbocycles. The minimum atomic E-state index is -2.01. The number of H-pyrrole nitrogens is 1. The van der Waals surface area contributed by atoms with Crippen LogP contribution in [0.15, 0.2) is 30.5 Å². The van der Waals surface area contributed by atoms with E-state index in [4.69, 9.17) is 4.74 Å². The molecule has 10 heteroatoms. The maximum atomic E-state index is 14.3. The van der Waals surface area contributed by atoms with Gasteiger partial charge in [0.15, 0.2) is 0 Å². The minimum absolute atomic E-state index is 0.150. The molecule has 3 amide bonds. The van der Waals surface area contributed by atoms with E-state index in [1.54, 1.807) is 18.7 Å². The van der Waals surface area contributed by atoms with Gasteiger partial charge in [0.05, 0.1) is 5.92 Å². The second-order valence-corrected chi connectivity index (χ2v) is 13.1. The molecule has 6 atom stereocenters. The second-order valence-electron chi connectivity index (χ2n) is 13.1. The maximum absolute atomic E-state index is 14.3. The van der Waals surface area contributed by atoms with E-state index >= 15 is 0 Å². The van der Waals surface area contributed by atoms with Crippen molar-refractivity contribution in [2.75, 3.05) is 20.1 Å². The van der Waals surface area contributed by atoms with Gasteiger partial charge in [0.1, 0.15) is 12.1 Å². The Labute approximate surface area is 239 Å². The van der Waals surface area contributed by atoms with E-state index in [2.05, 4.69) is 33.5 Å². The Balaban J connectivity index is 1.25. The number of nitrogens with zero attached hydrogens (tertiary/aromatic N) is 3. The molecule has 41 heavy (non-hydrogen) atoms. The number of aromatic amines is 1. The summed E-state index contributed by atoms with van der Waals surface area (Å²) in [6.07, 6.45) is 6.21. The number of rotatable bonds is 4. The van der Waals surface area contributed by atoms with E-state index in [9.17, 15) is 19.5 Å². The number of benzene rings is 1. The van der Waals surface area contributed by atoms with Crippen molar-refractivity contribution in [3.8, 4) is 0 Å². The molecule has 1 aromatic heterocycles. The highest BCUT2D eigenvalue weighted by Crippen LogP contribution is 2.49. The van der Waals surface area contributed by atoms with Crippen LogP contribution in [-0.4, -0.2) is 92.4 Å². The Morgan fingerprint density at radius 2 is 2.00 bits per heavy atom. The minimum Gasteiger partial charge on any atom is -0.361 e. The van der Waals surface area contributed by atoms with Crippen LogP contribution in [0, 0.1) is 17.8 Å². The van der Waals surface area contributed by atoms with Crippen LogP contribution in [0.25, 0.3) is 16.5 Å². The van der Waals surface area contributed by atoms with Crippen LogP contribution in [0.4, 0.5) is 0 Å². The van der Waals surface area contributed by atoms with Crippen molar-refractivity contribution < 1.29 is 24.2 Å². The van der Waals surface area contributed by atoms with Gasteiger partial charge in [-0.05, 0) is 55.0 Å². The predicted octanol–water partition coefficient (Wildman–Crippen LogP) is 2.04. The van der Waals surface area contributed by atoms with Crippen molar-refractivity contribution in [3.63, 3.8) is 0 Å². The lowest BCUT2D eigenvalue weighted by Crippen LogP contribution is -2.72. The van der Waals surface area contributed by atoms with E-state index in [1.165, 1.54) is 15.8 Å². The average molecular weight is 562 g/mol. The van der Waals surface area contributed by atoms with Gasteiger partial charge in [-0.2, -0.15) is 0 Å². The molecule has 0 unspecified atom stereocenters. The quantitative estimate of drug-likeness (QED) is 0.526. The lowest BCUT2D eigenvalue weighted by molar-refractivity contribution is -0.323. The number of aromatic nitrogens is 1. The van der Waals surface area contributed by atoms with Gasteiger partial charge in [-0.1, -0.05) is 45.9 Å². The zero-order chi connectivity index (χ0) is 29.0. The molecule has 3 N–H and O–H groups in total. The number of ether oxygens (including phenoxy) is 1. The first-order valence-electron chi connectivity index (χ1n) is 14.9. The third-order valence-electron chi connectivity index (χ3n) is 10.1. The zero-order valence-corrected chi connectivity index (χ0v) is 24.3. The SMILES string of the molecule is CC(C)[C@H]1C(=O)N2CCC[C@H]2[C@]2(O)O[C@@](NC(=O)[C@@H]3C=C4c5cccc6[nH]cc(c56)C[C@H]4N(C)C3)(C(C)C)C(=O)N12. The van der Waals surface area contributed by atoms with Crippen LogP contribution < -0.4 is 5.32 Å². The van der Waals surface area contributed by atoms with Gasteiger partial charge < -0.3 is 20.3 Å². The molecule has 5 heterocycles. The van der Waals surface area contributed by atoms with Gasteiger partial charge in [-0.15, -0.1) is 0 Å². The number of hydrogen-bond donors (Lipinski definition) is 3. The first-order chi connectivity index (χ1) is 19.5. The third kappa shape index (κ3) is 3.50. The molecule has 218 valence electrons. The lowest BCUT2D eigenvalue weighted by Gasteiger charge is -2.49. The molecule has 2 aromatic rings. The van der Waals surface area contributed by atoms with E-state index < -0.39 is 41.5 Å². The van der Waals surface area contributed by atoms with Crippen molar-refractivity contribution >= 4 is 34.2 Å². The fourth-order valence-electron chi connectivity index (χ4n) is 7.97. The molecule has 0 bridgehead atoms. The molecule has 5 aliphatic rings. The Morgan fingerprint density at radius 3 is 2.73 bits per heavy atom. The molecule has 0 spiro atoms. The Kier molecular flexibility index (Phi) is 5.79. The molecule has 1 aromatic carbocycles. The van der Waals surface area contributed by atoms with Gasteiger partial charge in [0.2, 0.25) is 17.5 Å². The first-order valence-corrected chi connectivity index (χ1v) is 14.9. The highest BCUT2D eigenvalue weighted by Gasteiger charge is 2.72. The van der Waals surface area contributed by atoms with Crippen molar-refractivity contribution in [1.82, 2.24) is 25.0 Å². The predicted molar refractivity (Wildman–Crippen MR) is 152 cm³/mol. The fourth-order valence-corrected chi connectivity index (χ4v) is 7.97. The fraction of sp³-hybridized carbons (Fsp3) is 0.581. The Bertz CT molecular complexity index is 1500. The first kappa shape index (κ1) is 26.7. The van der Waals surface area contributed by atoms with Gasteiger partial charge in [0, 0.05) is 42.1 Å². The summed E-state index contributed by atoms with van der Waals surface area (Å²) in [5.74, 6) is -4.36. The molecule has 10 nitrogen and oxygen atoms in total. The van der Waals surface area contributed by atoms with Crippen molar-refractivity contribution in [1.29, 1.82) is 0 Å². The number of likely N-dealkylation sites (N-methyl/N-ethyl adjacent to an activating group) is 1. The number of nitrogens with one attached hydrogen (secondary N) is 2. The number of aliphatic hydroxyl groups is 1. The molecular formula is C31H39N5O5. The van der Waals surface area contributed by atoms with E-state index in [0.29, 0.717) is 25.9 Å². The van der Waals surface area contributed by atoms with E-state index in [0.717, 1.165) is 23.1 Å². The largest absolute Gasteiger partial charge is 0.361 e. The number of hydrogen-bond acceptors (Lipinski definition) is 6. The second kappa shape index (κ2) is 8.89. The van der Waals surface area contributed by atoms with Crippen LogP contribution in [0.2, 0.25) is 0 Å². The zero-order valence-electron chi connectivity index (χ0n) is 24.3. The van der Waals surface area contributed by atoms with Gasteiger partial charge >= 0.3 is 0 Å². The van der Waals surface area contributed by atoms with Crippen LogP contribution in [0.3, 0.4) is 0 Å². The summed E-state index contributed by atoms with van der Waals surface area (Å²) < 4.78 is 6.40. The topological polar surface area (TPSA) is 118 Å². The number of amides is 3. The lowest BCUT2D eigenvalue weighted by atomic mass is 9.79. The summed E-state index contributed by atoms with van der Waals surface area (Å²) in [6, 6.07) is 4.80. The van der Waals surface area contributed by atoms with Crippen LogP contribution in [0.5, 0.6) is 0 Å². The highest BCUT2D eigenvalue weighted by atomic mass is 16.7. The third-order valence-corrected chi connectivity index (χ3v) is 10.1. The monoisotopic (exact) mass is 561 g/mol. The standard InChI is InChI=1S/C31H39N5O5/c1-16(2)26-28(38)35-11-7-10-24(35)31(40)36(26)29(39)30(41-31,17(3)4)33-27(37)19-12-21-20-8-6-9-22-25(20)18(14-32-22)13-23(21)34(5)15-19/h6,8-9,12,14,16-17,19,23-24,26,32,40H,7,10-11,13,15H2,1-5H3,(H,33,37)/t19-,23-,24+,26+,30+,31+/m1/s1. The van der Waals surface area contributed by atoms with Crippen LogP contribution in [0.1, 0.15) is 51.7 Å². The van der Waals surface area contributed by atoms with E-state index in [1.807, 2.05) is 33.0 Å². The number of piperazine rings is 1. The number of fused-ring (bicyclic) bond motifs is 5. The van der Waals surface area contributed by atoms with Crippen LogP contribution >= 0.6 is 0 Å². The number of carbonyl (C=O) groups is 3. The summed E-state index contributed by atoms with van der Waals surface area (Å²) in [4.78, 5) is 50.4. The van der Waals surface area contributed by atoms with Crippen molar-refractivity contribution in [2.45, 2.75) is 76.7 Å². The highest BCUT2D eigenvalue weighted by molar-refractivity contribution is 6.01. The van der Waals surface area contributed by atoms with Gasteiger partial charge in [0.25, 0.3) is 11.8 Å². The van der Waals surface area contributed by atoms with Gasteiger partial charge in [-0.25, -0.2) is 0 Å². The van der Waals surface area contributed by atoms with Crippen molar-refractivity contribution in [2.24, 2.45) is 17.8 Å². The molecule has 7 rings (SSSR count). The van der Waals surface area contributed by atoms with Crippen LogP contribution in [-0.2, 0) is 25.5 Å². The summed E-state index contributed by atoms with van der Waals surface area (Å²) >= 11 is 0. The molecular weight excluding hydrogens is 522 g/mol. The molecule has 3 fully saturated rings. The molecule has 0 radical (unpaired) electrons. The molecule has 3 saturated heterocycles. The molecule has 1 aliphatic carbocycles. The maximum Gasteiger partial charge on any atom is 0.281 e. The summed E-state index contributed by atoms with van der Waals surface area (Å²) in [6.45, 7) is 8.32. The van der Waals surface area contributed by atoms with Gasteiger partial charge in [-0.3, -0.25) is 28.9 Å². The van der Waals surface area contributed by atoms with Crippen molar-refractivity contribution in [3.05, 3.63) is 41.6 Å². The Morgan fingerprint density at radius 1 is 1.22 bits per heavy atom. The average Bonchev–Trinajstić information content (AvgIpc) is 3.64. The normalized spacial score (nSPS) is 34.8. The Hall–Kier alpha value is -3.21. The van der Waals surface area contributed by atoms with E-state index in [-0.39, 0.29) is 23.8 Å². The number of carbonyl (C=O) groups excluding carboxylic acids is 3. The summed E-state index contributed by atoms with van der Waals surface area (Å²) in [5, 5.41) is 16.2. The summed E-state index contributed by atoms with van der Waals surface area (Å²) in [7, 11) is 2.03. The smallest absolute Gasteiger partial charge is 0.281 e.